The number of methoxy groups -OCH3 is 1. The van der Waals surface area contributed by atoms with E-state index in [0.717, 1.165) is 25.7 Å². The van der Waals surface area contributed by atoms with Crippen LogP contribution < -0.4 is 16.0 Å². The largest absolute Gasteiger partial charge is 0.467 e. The highest BCUT2D eigenvalue weighted by Gasteiger charge is 2.44. The van der Waals surface area contributed by atoms with Gasteiger partial charge in [0.2, 0.25) is 11.8 Å². The number of ether oxygens (including phenoxy) is 1. The summed E-state index contributed by atoms with van der Waals surface area (Å²) in [6.45, 7) is 9.89. The number of esters is 1. The van der Waals surface area contributed by atoms with Crippen molar-refractivity contribution in [1.29, 1.82) is 0 Å². The van der Waals surface area contributed by atoms with Crippen LogP contribution in [-0.2, 0) is 19.1 Å². The molecule has 33 heavy (non-hydrogen) atoms. The second kappa shape index (κ2) is 11.7. The van der Waals surface area contributed by atoms with Gasteiger partial charge in [0.25, 0.3) is 0 Å². The molecule has 0 aromatic heterocycles. The first-order chi connectivity index (χ1) is 15.4. The lowest BCUT2D eigenvalue weighted by Gasteiger charge is -2.32. The topological polar surface area (TPSA) is 117 Å². The molecule has 0 aromatic rings. The van der Waals surface area contributed by atoms with Crippen molar-refractivity contribution < 1.29 is 23.9 Å². The van der Waals surface area contributed by atoms with E-state index in [0.29, 0.717) is 13.0 Å². The van der Waals surface area contributed by atoms with Gasteiger partial charge in [-0.1, -0.05) is 53.9 Å². The number of nitrogens with zero attached hydrogens (tertiary/aromatic N) is 1. The van der Waals surface area contributed by atoms with Crippen LogP contribution in [0.1, 0.15) is 79.6 Å². The minimum absolute atomic E-state index is 0.135. The molecule has 2 aliphatic rings. The highest BCUT2D eigenvalue weighted by Crippen LogP contribution is 2.26. The minimum atomic E-state index is -0.886. The van der Waals surface area contributed by atoms with E-state index in [1.807, 2.05) is 34.6 Å². The van der Waals surface area contributed by atoms with Gasteiger partial charge < -0.3 is 25.6 Å². The van der Waals surface area contributed by atoms with Gasteiger partial charge in [-0.2, -0.15) is 0 Å². The average molecular weight is 467 g/mol. The zero-order chi connectivity index (χ0) is 24.8. The van der Waals surface area contributed by atoms with E-state index in [4.69, 9.17) is 4.74 Å². The predicted octanol–water partition coefficient (Wildman–Crippen LogP) is 2.34. The van der Waals surface area contributed by atoms with Crippen molar-refractivity contribution in [2.24, 2.45) is 11.3 Å². The molecule has 9 heteroatoms. The van der Waals surface area contributed by atoms with Gasteiger partial charge in [-0.15, -0.1) is 0 Å². The molecule has 188 valence electrons. The van der Waals surface area contributed by atoms with E-state index in [2.05, 4.69) is 16.0 Å². The lowest BCUT2D eigenvalue weighted by molar-refractivity contribution is -0.147. The molecular formula is C24H42N4O5. The molecular weight excluding hydrogens is 424 g/mol. The fourth-order valence-electron chi connectivity index (χ4n) is 4.61. The van der Waals surface area contributed by atoms with Crippen LogP contribution in [0.3, 0.4) is 0 Å². The van der Waals surface area contributed by atoms with Crippen LogP contribution in [0.4, 0.5) is 4.79 Å². The Morgan fingerprint density at radius 3 is 2.18 bits per heavy atom. The van der Waals surface area contributed by atoms with Crippen LogP contribution in [0.25, 0.3) is 0 Å². The van der Waals surface area contributed by atoms with Crippen LogP contribution in [0, 0.1) is 11.3 Å². The molecule has 0 aromatic carbocycles. The van der Waals surface area contributed by atoms with E-state index in [1.165, 1.54) is 13.5 Å². The summed E-state index contributed by atoms with van der Waals surface area (Å²) in [5.74, 6) is -1.33. The van der Waals surface area contributed by atoms with Gasteiger partial charge in [0.15, 0.2) is 0 Å². The number of amides is 4. The molecule has 0 unspecified atom stereocenters. The standard InChI is InChI=1S/C24H42N4O5/c1-15(2)19(22(31)33-6)27-21(30)20-17(12-13-28(20)18(29)14-24(3,4)5)26-23(32)25-16-10-8-7-9-11-16/h15-17,19-20H,7-14H2,1-6H3,(H,27,30)(H2,25,26,32)/t17-,19+,20-/m0/s1. The summed E-state index contributed by atoms with van der Waals surface area (Å²) in [5.41, 5.74) is -0.242. The Kier molecular flexibility index (Phi) is 9.55. The zero-order valence-electron chi connectivity index (χ0n) is 21.0. The van der Waals surface area contributed by atoms with Gasteiger partial charge >= 0.3 is 12.0 Å². The van der Waals surface area contributed by atoms with Crippen LogP contribution in [0.2, 0.25) is 0 Å². The molecule has 0 bridgehead atoms. The zero-order valence-corrected chi connectivity index (χ0v) is 21.0. The van der Waals surface area contributed by atoms with Crippen molar-refractivity contribution in [3.8, 4) is 0 Å². The van der Waals surface area contributed by atoms with Crippen LogP contribution in [0.15, 0.2) is 0 Å². The Morgan fingerprint density at radius 1 is 1.00 bits per heavy atom. The molecule has 2 rings (SSSR count). The molecule has 3 N–H and O–H groups in total. The number of nitrogens with one attached hydrogen (secondary N) is 3. The molecule has 1 saturated carbocycles. The number of rotatable bonds is 7. The third-order valence-corrected chi connectivity index (χ3v) is 6.34. The summed E-state index contributed by atoms with van der Waals surface area (Å²) in [6, 6.07) is -2.44. The highest BCUT2D eigenvalue weighted by atomic mass is 16.5. The second-order valence-corrected chi connectivity index (χ2v) is 10.9. The number of hydrogen-bond donors (Lipinski definition) is 3. The number of likely N-dealkylation sites (tertiary alicyclic amines) is 1. The summed E-state index contributed by atoms with van der Waals surface area (Å²) in [5, 5.41) is 8.71. The summed E-state index contributed by atoms with van der Waals surface area (Å²) in [7, 11) is 1.28. The summed E-state index contributed by atoms with van der Waals surface area (Å²) >= 11 is 0. The van der Waals surface area contributed by atoms with Crippen LogP contribution in [-0.4, -0.2) is 66.5 Å². The first-order valence-electron chi connectivity index (χ1n) is 12.2. The van der Waals surface area contributed by atoms with Gasteiger partial charge in [-0.05, 0) is 30.6 Å². The number of carbonyl (C=O) groups is 4. The van der Waals surface area contributed by atoms with Crippen molar-refractivity contribution in [3.05, 3.63) is 0 Å². The van der Waals surface area contributed by atoms with Gasteiger partial charge in [0.05, 0.1) is 13.2 Å². The van der Waals surface area contributed by atoms with Gasteiger partial charge in [0, 0.05) is 19.0 Å². The number of hydrogen-bond acceptors (Lipinski definition) is 5. The quantitative estimate of drug-likeness (QED) is 0.498. The fourth-order valence-corrected chi connectivity index (χ4v) is 4.61. The molecule has 1 heterocycles. The third kappa shape index (κ3) is 7.89. The molecule has 0 spiro atoms. The van der Waals surface area contributed by atoms with E-state index < -0.39 is 30.0 Å². The van der Waals surface area contributed by atoms with Crippen LogP contribution in [0.5, 0.6) is 0 Å². The first kappa shape index (κ1) is 26.9. The Balaban J connectivity index is 2.17. The normalized spacial score (nSPS) is 22.6. The molecule has 2 fully saturated rings. The summed E-state index contributed by atoms with van der Waals surface area (Å²) in [4.78, 5) is 52.8. The highest BCUT2D eigenvalue weighted by molar-refractivity contribution is 5.92. The lowest BCUT2D eigenvalue weighted by Crippen LogP contribution is -2.59. The SMILES string of the molecule is COC(=O)[C@H](NC(=O)[C@@H]1[C@@H](NC(=O)NC2CCCCC2)CCN1C(=O)CC(C)(C)C)C(C)C. The first-order valence-corrected chi connectivity index (χ1v) is 12.2. The molecule has 1 saturated heterocycles. The van der Waals surface area contributed by atoms with Gasteiger partial charge in [-0.25, -0.2) is 9.59 Å². The molecule has 0 radical (unpaired) electrons. The predicted molar refractivity (Wildman–Crippen MR) is 125 cm³/mol. The van der Waals surface area contributed by atoms with Crippen molar-refractivity contribution in [1.82, 2.24) is 20.9 Å². The van der Waals surface area contributed by atoms with E-state index in [-0.39, 0.29) is 35.7 Å². The number of urea groups is 1. The Morgan fingerprint density at radius 2 is 1.64 bits per heavy atom. The molecule has 1 aliphatic heterocycles. The van der Waals surface area contributed by atoms with E-state index >= 15 is 0 Å². The summed E-state index contributed by atoms with van der Waals surface area (Å²) < 4.78 is 4.84. The lowest BCUT2D eigenvalue weighted by atomic mass is 9.91. The maximum absolute atomic E-state index is 13.4. The van der Waals surface area contributed by atoms with Crippen molar-refractivity contribution >= 4 is 23.8 Å². The van der Waals surface area contributed by atoms with Gasteiger partial charge in [-0.3, -0.25) is 9.59 Å². The van der Waals surface area contributed by atoms with E-state index in [1.54, 1.807) is 4.90 Å². The average Bonchev–Trinajstić information content (AvgIpc) is 3.14. The molecule has 1 aliphatic carbocycles. The maximum atomic E-state index is 13.4. The smallest absolute Gasteiger partial charge is 0.328 e. The van der Waals surface area contributed by atoms with Crippen LogP contribution >= 0.6 is 0 Å². The summed E-state index contributed by atoms with van der Waals surface area (Å²) in [6.07, 6.45) is 6.03. The monoisotopic (exact) mass is 466 g/mol. The molecule has 3 atom stereocenters. The molecule has 4 amide bonds. The Hall–Kier alpha value is -2.32. The molecule has 9 nitrogen and oxygen atoms in total. The maximum Gasteiger partial charge on any atom is 0.328 e. The van der Waals surface area contributed by atoms with Crippen molar-refractivity contribution in [2.75, 3.05) is 13.7 Å². The Bertz CT molecular complexity index is 712. The van der Waals surface area contributed by atoms with Crippen molar-refractivity contribution in [3.63, 3.8) is 0 Å². The number of carbonyl (C=O) groups excluding carboxylic acids is 4. The second-order valence-electron chi connectivity index (χ2n) is 10.9. The third-order valence-electron chi connectivity index (χ3n) is 6.34. The Labute approximate surface area is 197 Å². The fraction of sp³-hybridized carbons (Fsp3) is 0.833. The van der Waals surface area contributed by atoms with E-state index in [9.17, 15) is 19.2 Å². The van der Waals surface area contributed by atoms with Gasteiger partial charge in [0.1, 0.15) is 12.1 Å². The van der Waals surface area contributed by atoms with Crippen molar-refractivity contribution in [2.45, 2.75) is 104 Å². The minimum Gasteiger partial charge on any atom is -0.467 e.